The van der Waals surface area contributed by atoms with Crippen LogP contribution in [0, 0.1) is 0 Å². The van der Waals surface area contributed by atoms with Crippen LogP contribution in [-0.2, 0) is 14.3 Å². The first-order valence-electron chi connectivity index (χ1n) is 31.2. The quantitative estimate of drug-likeness (QED) is 0.0215. The highest BCUT2D eigenvalue weighted by Crippen LogP contribution is 2.24. The van der Waals surface area contributed by atoms with E-state index in [2.05, 4.69) is 43.5 Å². The third-order valence-corrected chi connectivity index (χ3v) is 15.2. The summed E-state index contributed by atoms with van der Waals surface area (Å²) in [6.45, 7) is 3.47. The van der Waals surface area contributed by atoms with Crippen molar-refractivity contribution < 1.29 is 50.0 Å². The number of aliphatic hydroxyl groups is 7. The normalized spacial score (nSPS) is 20.0. The van der Waals surface area contributed by atoms with E-state index in [1.807, 2.05) is 0 Å². The highest BCUT2D eigenvalue weighted by molar-refractivity contribution is 5.80. The summed E-state index contributed by atoms with van der Waals surface area (Å²) in [6, 6.07) is -1.19. The number of allylic oxidation sites excluding steroid dienone is 4. The summed E-state index contributed by atoms with van der Waals surface area (Å²) in [7, 11) is 0. The van der Waals surface area contributed by atoms with Crippen LogP contribution in [-0.4, -0.2) is 110 Å². The van der Waals surface area contributed by atoms with Crippen molar-refractivity contribution in [3.63, 3.8) is 0 Å². The van der Waals surface area contributed by atoms with Gasteiger partial charge in [-0.3, -0.25) is 4.79 Å². The summed E-state index contributed by atoms with van der Waals surface area (Å²) in [5.41, 5.74) is 0. The van der Waals surface area contributed by atoms with E-state index in [1.54, 1.807) is 0 Å². The van der Waals surface area contributed by atoms with E-state index in [1.165, 1.54) is 212 Å². The standard InChI is InChI=1S/C62H119NO10/c1-3-5-7-9-11-13-15-17-19-21-22-23-24-25-26-27-28-29-30-31-32-34-36-38-40-42-44-46-48-50-55(66)61(71)63-53(52-72-62-60(70)59(69)58(68)56(51-64)73-62)57(67)54(65)49-47-45-43-41-39-37-35-33-20-18-16-14-12-10-8-6-4-2/h33,35,41,43,53-60,62,64-70H,3-32,34,36-40,42,44-52H2,1-2H3,(H,63,71)/b35-33+,43-41+. The van der Waals surface area contributed by atoms with Gasteiger partial charge in [0.15, 0.2) is 6.29 Å². The van der Waals surface area contributed by atoms with Crippen LogP contribution < -0.4 is 5.32 Å². The Hall–Kier alpha value is -1.41. The van der Waals surface area contributed by atoms with Crippen molar-refractivity contribution in [3.05, 3.63) is 24.3 Å². The van der Waals surface area contributed by atoms with Gasteiger partial charge in [0.2, 0.25) is 5.91 Å². The van der Waals surface area contributed by atoms with Gasteiger partial charge in [-0.05, 0) is 51.4 Å². The molecule has 1 aliphatic heterocycles. The molecule has 0 radical (unpaired) electrons. The second-order valence-electron chi connectivity index (χ2n) is 22.1. The van der Waals surface area contributed by atoms with E-state index in [-0.39, 0.29) is 12.8 Å². The van der Waals surface area contributed by atoms with Crippen LogP contribution in [0.4, 0.5) is 0 Å². The molecule has 1 amide bonds. The van der Waals surface area contributed by atoms with E-state index in [9.17, 15) is 40.5 Å². The topological polar surface area (TPSA) is 189 Å². The summed E-state index contributed by atoms with van der Waals surface area (Å²) in [5.74, 6) is -0.705. The van der Waals surface area contributed by atoms with Crippen molar-refractivity contribution in [2.24, 2.45) is 0 Å². The molecular formula is C62H119NO10. The third-order valence-electron chi connectivity index (χ3n) is 15.2. The van der Waals surface area contributed by atoms with Crippen molar-refractivity contribution in [1.82, 2.24) is 5.32 Å². The number of aliphatic hydroxyl groups excluding tert-OH is 7. The molecule has 11 nitrogen and oxygen atoms in total. The molecular weight excluding hydrogens is 919 g/mol. The molecule has 0 aliphatic carbocycles. The number of hydrogen-bond acceptors (Lipinski definition) is 10. The van der Waals surface area contributed by atoms with E-state index >= 15 is 0 Å². The summed E-state index contributed by atoms with van der Waals surface area (Å²) in [4.78, 5) is 13.2. The molecule has 0 aromatic heterocycles. The number of nitrogens with one attached hydrogen (secondary N) is 1. The first kappa shape index (κ1) is 69.6. The lowest BCUT2D eigenvalue weighted by Crippen LogP contribution is -2.60. The van der Waals surface area contributed by atoms with Gasteiger partial charge in [0.05, 0.1) is 25.4 Å². The Morgan fingerprint density at radius 1 is 0.466 bits per heavy atom. The minimum Gasteiger partial charge on any atom is -0.394 e. The molecule has 0 aromatic rings. The largest absolute Gasteiger partial charge is 0.394 e. The van der Waals surface area contributed by atoms with E-state index in [4.69, 9.17) is 9.47 Å². The molecule has 11 heteroatoms. The Bertz CT molecular complexity index is 1240. The maximum absolute atomic E-state index is 13.2. The Kier molecular flexibility index (Phi) is 49.0. The van der Waals surface area contributed by atoms with Gasteiger partial charge in [-0.15, -0.1) is 0 Å². The van der Waals surface area contributed by atoms with Gasteiger partial charge >= 0.3 is 0 Å². The van der Waals surface area contributed by atoms with Crippen molar-refractivity contribution in [1.29, 1.82) is 0 Å². The van der Waals surface area contributed by atoms with Gasteiger partial charge in [-0.25, -0.2) is 0 Å². The van der Waals surface area contributed by atoms with Crippen LogP contribution in [0.15, 0.2) is 24.3 Å². The Morgan fingerprint density at radius 3 is 1.22 bits per heavy atom. The first-order valence-corrected chi connectivity index (χ1v) is 31.2. The SMILES string of the molecule is CCCCCCCCCC/C=C/CC/C=C/CCCC(O)C(O)C(COC1OC(CO)C(O)C(O)C1O)NC(=O)C(O)CCCCCCCCCCCCCCCCCCCCCCCCCCCCCCC. The molecule has 9 unspecified atom stereocenters. The van der Waals surface area contributed by atoms with E-state index in [0.717, 1.165) is 38.5 Å². The number of carbonyl (C=O) groups is 1. The molecule has 0 spiro atoms. The lowest BCUT2D eigenvalue weighted by molar-refractivity contribution is -0.303. The van der Waals surface area contributed by atoms with Crippen LogP contribution in [0.5, 0.6) is 0 Å². The summed E-state index contributed by atoms with van der Waals surface area (Å²) >= 11 is 0. The summed E-state index contributed by atoms with van der Waals surface area (Å²) in [6.07, 6.45) is 51.1. The zero-order valence-electron chi connectivity index (χ0n) is 47.4. The van der Waals surface area contributed by atoms with Gasteiger partial charge < -0.3 is 50.5 Å². The van der Waals surface area contributed by atoms with Crippen molar-refractivity contribution in [2.45, 2.75) is 351 Å². The fourth-order valence-corrected chi connectivity index (χ4v) is 10.2. The molecule has 1 rings (SSSR count). The molecule has 1 fully saturated rings. The molecule has 1 aliphatic rings. The van der Waals surface area contributed by atoms with Crippen LogP contribution in [0.3, 0.4) is 0 Å². The monoisotopic (exact) mass is 1040 g/mol. The van der Waals surface area contributed by atoms with Crippen molar-refractivity contribution in [2.75, 3.05) is 13.2 Å². The average molecular weight is 1040 g/mol. The van der Waals surface area contributed by atoms with Crippen LogP contribution in [0.2, 0.25) is 0 Å². The number of hydrogen-bond donors (Lipinski definition) is 8. The predicted molar refractivity (Wildman–Crippen MR) is 302 cm³/mol. The minimum absolute atomic E-state index is 0.249. The Balaban J connectivity index is 2.24. The fraction of sp³-hybridized carbons (Fsp3) is 0.919. The van der Waals surface area contributed by atoms with Gasteiger partial charge in [0.25, 0.3) is 0 Å². The second kappa shape index (κ2) is 51.4. The second-order valence-corrected chi connectivity index (χ2v) is 22.1. The van der Waals surface area contributed by atoms with Gasteiger partial charge in [0.1, 0.15) is 36.6 Å². The molecule has 8 N–H and O–H groups in total. The zero-order chi connectivity index (χ0) is 53.3. The molecule has 0 saturated carbocycles. The number of carbonyl (C=O) groups excluding carboxylic acids is 1. The third kappa shape index (κ3) is 39.6. The molecule has 73 heavy (non-hydrogen) atoms. The van der Waals surface area contributed by atoms with E-state index < -0.39 is 74.2 Å². The van der Waals surface area contributed by atoms with Crippen molar-refractivity contribution in [3.8, 4) is 0 Å². The number of unbranched alkanes of at least 4 members (excludes halogenated alkanes) is 38. The van der Waals surface area contributed by atoms with Crippen molar-refractivity contribution >= 4 is 5.91 Å². The molecule has 0 bridgehead atoms. The molecule has 432 valence electrons. The Morgan fingerprint density at radius 2 is 0.822 bits per heavy atom. The maximum Gasteiger partial charge on any atom is 0.249 e. The van der Waals surface area contributed by atoms with Gasteiger partial charge in [-0.1, -0.05) is 269 Å². The van der Waals surface area contributed by atoms with E-state index in [0.29, 0.717) is 19.3 Å². The lowest BCUT2D eigenvalue weighted by Gasteiger charge is -2.40. The number of rotatable bonds is 54. The first-order chi connectivity index (χ1) is 35.7. The zero-order valence-corrected chi connectivity index (χ0v) is 47.4. The predicted octanol–water partition coefficient (Wildman–Crippen LogP) is 13.7. The molecule has 1 saturated heterocycles. The summed E-state index contributed by atoms with van der Waals surface area (Å²) < 4.78 is 11.1. The number of ether oxygens (including phenoxy) is 2. The average Bonchev–Trinajstić information content (AvgIpc) is 3.39. The highest BCUT2D eigenvalue weighted by Gasteiger charge is 2.44. The van der Waals surface area contributed by atoms with Crippen LogP contribution in [0.25, 0.3) is 0 Å². The smallest absolute Gasteiger partial charge is 0.249 e. The number of amides is 1. The van der Waals surface area contributed by atoms with Gasteiger partial charge in [-0.2, -0.15) is 0 Å². The highest BCUT2D eigenvalue weighted by atomic mass is 16.7. The molecule has 9 atom stereocenters. The van der Waals surface area contributed by atoms with Gasteiger partial charge in [0, 0.05) is 0 Å². The van der Waals surface area contributed by atoms with Crippen LogP contribution in [0.1, 0.15) is 296 Å². The summed E-state index contributed by atoms with van der Waals surface area (Å²) in [5, 5.41) is 76.2. The van der Waals surface area contributed by atoms with Crippen LogP contribution >= 0.6 is 0 Å². The Labute approximate surface area is 448 Å². The molecule has 0 aromatic carbocycles. The minimum atomic E-state index is -1.67. The lowest BCUT2D eigenvalue weighted by atomic mass is 9.98. The maximum atomic E-state index is 13.2. The molecule has 1 heterocycles. The fourth-order valence-electron chi connectivity index (χ4n) is 10.2.